The fourth-order valence-corrected chi connectivity index (χ4v) is 3.59. The molecule has 0 bridgehead atoms. The molecule has 10 nitrogen and oxygen atoms in total. The molecule has 2 N–H and O–H groups in total. The maximum Gasteiger partial charge on any atom is 0.498 e. The van der Waals surface area contributed by atoms with Crippen molar-refractivity contribution >= 4 is 30.5 Å². The lowest BCUT2D eigenvalue weighted by molar-refractivity contribution is -0.132. The second-order valence-electron chi connectivity index (χ2n) is 10.7. The lowest BCUT2D eigenvalue weighted by atomic mass is 9.81. The zero-order chi connectivity index (χ0) is 24.6. The van der Waals surface area contributed by atoms with Gasteiger partial charge in [0.15, 0.2) is 0 Å². The van der Waals surface area contributed by atoms with Gasteiger partial charge < -0.3 is 29.6 Å². The van der Waals surface area contributed by atoms with E-state index in [-0.39, 0.29) is 11.9 Å². The predicted molar refractivity (Wildman–Crippen MR) is 125 cm³/mol. The molecule has 11 heteroatoms. The summed E-state index contributed by atoms with van der Waals surface area (Å²) in [5, 5.41) is 5.88. The molecular weight excluding hydrogens is 425 g/mol. The number of carbonyl (C=O) groups excluding carboxylic acids is 2. The van der Waals surface area contributed by atoms with Crippen LogP contribution in [0.5, 0.6) is 0 Å². The summed E-state index contributed by atoms with van der Waals surface area (Å²) in [6.07, 6.45) is 3.55. The van der Waals surface area contributed by atoms with Crippen molar-refractivity contribution in [3.05, 3.63) is 12.4 Å². The second kappa shape index (κ2) is 9.10. The highest BCUT2D eigenvalue weighted by Gasteiger charge is 2.52. The minimum Gasteiger partial charge on any atom is -0.444 e. The van der Waals surface area contributed by atoms with Gasteiger partial charge in [0.2, 0.25) is 11.9 Å². The number of alkyl carbamates (subject to hydrolysis) is 1. The van der Waals surface area contributed by atoms with Crippen molar-refractivity contribution in [2.75, 3.05) is 18.4 Å². The minimum atomic E-state index is -0.672. The molecule has 2 aliphatic heterocycles. The maximum atomic E-state index is 12.7. The Bertz CT molecular complexity index is 855. The van der Waals surface area contributed by atoms with Crippen LogP contribution in [0.1, 0.15) is 61.8 Å². The van der Waals surface area contributed by atoms with Crippen LogP contribution in [-0.2, 0) is 18.8 Å². The number of hydrogen-bond donors (Lipinski definition) is 2. The highest BCUT2D eigenvalue weighted by molar-refractivity contribution is 6.61. The van der Waals surface area contributed by atoms with E-state index in [1.165, 1.54) is 0 Å². The Morgan fingerprint density at radius 3 is 2.30 bits per heavy atom. The van der Waals surface area contributed by atoms with Crippen molar-refractivity contribution in [3.8, 4) is 0 Å². The Balaban J connectivity index is 1.50. The molecule has 0 spiro atoms. The van der Waals surface area contributed by atoms with Gasteiger partial charge in [-0.1, -0.05) is 0 Å². The molecule has 1 unspecified atom stereocenters. The van der Waals surface area contributed by atoms with Crippen LogP contribution in [0.2, 0.25) is 0 Å². The summed E-state index contributed by atoms with van der Waals surface area (Å²) in [7, 11) is -0.511. The van der Waals surface area contributed by atoms with Gasteiger partial charge in [0, 0.05) is 37.0 Å². The zero-order valence-electron chi connectivity index (χ0n) is 20.9. The van der Waals surface area contributed by atoms with Gasteiger partial charge >= 0.3 is 13.2 Å². The molecule has 0 aromatic carbocycles. The van der Waals surface area contributed by atoms with Crippen molar-refractivity contribution in [1.29, 1.82) is 0 Å². The third-order valence-corrected chi connectivity index (χ3v) is 6.13. The van der Waals surface area contributed by atoms with Gasteiger partial charge in [-0.05, 0) is 61.8 Å². The van der Waals surface area contributed by atoms with Gasteiger partial charge in [0.25, 0.3) is 0 Å². The average molecular weight is 461 g/mol. The molecule has 2 saturated heterocycles. The predicted octanol–water partition coefficient (Wildman–Crippen LogP) is 1.70. The molecule has 2 atom stereocenters. The van der Waals surface area contributed by atoms with E-state index in [2.05, 4.69) is 20.6 Å². The number of nitrogens with zero attached hydrogens (tertiary/aromatic N) is 3. The zero-order valence-corrected chi connectivity index (χ0v) is 20.9. The van der Waals surface area contributed by atoms with Gasteiger partial charge in [-0.25, -0.2) is 14.8 Å². The van der Waals surface area contributed by atoms with Crippen LogP contribution in [0.4, 0.5) is 10.7 Å². The fourth-order valence-electron chi connectivity index (χ4n) is 3.59. The largest absolute Gasteiger partial charge is 0.498 e. The van der Waals surface area contributed by atoms with Gasteiger partial charge in [0.1, 0.15) is 11.6 Å². The van der Waals surface area contributed by atoms with Gasteiger partial charge in [0.05, 0.1) is 11.2 Å². The van der Waals surface area contributed by atoms with E-state index < -0.39 is 36.1 Å². The Hall–Kier alpha value is -2.40. The van der Waals surface area contributed by atoms with Crippen molar-refractivity contribution in [3.63, 3.8) is 0 Å². The Morgan fingerprint density at radius 1 is 1.18 bits per heavy atom. The highest BCUT2D eigenvalue weighted by atomic mass is 16.7. The number of aromatic nitrogens is 2. The number of hydrogen-bond acceptors (Lipinski definition) is 8. The van der Waals surface area contributed by atoms with Crippen LogP contribution in [0, 0.1) is 0 Å². The first-order chi connectivity index (χ1) is 15.2. The smallest absolute Gasteiger partial charge is 0.444 e. The minimum absolute atomic E-state index is 0.0189. The number of likely N-dealkylation sites (tertiary alicyclic amines) is 1. The van der Waals surface area contributed by atoms with E-state index in [1.807, 2.05) is 27.7 Å². The molecule has 0 radical (unpaired) electrons. The number of rotatable bonds is 5. The van der Waals surface area contributed by atoms with Crippen LogP contribution in [0.15, 0.2) is 12.4 Å². The molecule has 182 valence electrons. The van der Waals surface area contributed by atoms with Crippen molar-refractivity contribution in [2.45, 2.75) is 90.7 Å². The molecule has 2 amide bonds. The van der Waals surface area contributed by atoms with Crippen molar-refractivity contribution in [1.82, 2.24) is 20.2 Å². The summed E-state index contributed by atoms with van der Waals surface area (Å²) in [4.78, 5) is 35.2. The third kappa shape index (κ3) is 6.14. The average Bonchev–Trinajstić information content (AvgIpc) is 3.21. The van der Waals surface area contributed by atoms with Gasteiger partial charge in [-0.3, -0.25) is 4.79 Å². The molecule has 0 aliphatic carbocycles. The van der Waals surface area contributed by atoms with Crippen molar-refractivity contribution in [2.24, 2.45) is 0 Å². The van der Waals surface area contributed by atoms with Crippen LogP contribution in [0.3, 0.4) is 0 Å². The molecular formula is C22H36BN5O5. The standard InChI is InChI=1S/C22H36BN5O5/c1-14(26-19(30)31-20(2,3)4)17(29)28-10-9-16(13-28)27-18-24-11-15(12-25-18)23-32-21(5,6)22(7,8)33-23/h11-12,14,16H,9-10,13H2,1-8H3,(H,26,30)(H,24,25,27)/t14?,16-/m1/s1. The first-order valence-corrected chi connectivity index (χ1v) is 11.4. The van der Waals surface area contributed by atoms with E-state index in [4.69, 9.17) is 14.0 Å². The number of nitrogens with one attached hydrogen (secondary N) is 2. The first-order valence-electron chi connectivity index (χ1n) is 11.4. The Morgan fingerprint density at radius 2 is 1.76 bits per heavy atom. The quantitative estimate of drug-likeness (QED) is 0.637. The molecule has 1 aromatic rings. The summed E-state index contributed by atoms with van der Waals surface area (Å²) >= 11 is 0. The number of ether oxygens (including phenoxy) is 1. The van der Waals surface area contributed by atoms with E-state index in [9.17, 15) is 9.59 Å². The molecule has 0 saturated carbocycles. The summed E-state index contributed by atoms with van der Waals surface area (Å²) in [6, 6.07) is -0.653. The summed E-state index contributed by atoms with van der Waals surface area (Å²) in [5.41, 5.74) is -0.717. The van der Waals surface area contributed by atoms with Gasteiger partial charge in [-0.15, -0.1) is 0 Å². The van der Waals surface area contributed by atoms with E-state index in [1.54, 1.807) is 45.0 Å². The summed E-state index contributed by atoms with van der Waals surface area (Å²) in [6.45, 7) is 16.1. The second-order valence-corrected chi connectivity index (χ2v) is 10.7. The molecule has 1 aromatic heterocycles. The number of amides is 2. The van der Waals surface area contributed by atoms with Crippen molar-refractivity contribution < 1.29 is 23.6 Å². The molecule has 3 rings (SSSR count). The Kier molecular flexibility index (Phi) is 6.96. The lowest BCUT2D eigenvalue weighted by Crippen LogP contribution is -2.47. The normalized spacial score (nSPS) is 22.7. The number of carbonyl (C=O) groups is 2. The lowest BCUT2D eigenvalue weighted by Gasteiger charge is -2.32. The number of anilines is 1. The summed E-state index contributed by atoms with van der Waals surface area (Å²) in [5.74, 6) is 0.330. The van der Waals surface area contributed by atoms with E-state index in [0.29, 0.717) is 19.0 Å². The van der Waals surface area contributed by atoms with Crippen LogP contribution < -0.4 is 16.1 Å². The van der Waals surface area contributed by atoms with Crippen LogP contribution in [0.25, 0.3) is 0 Å². The maximum absolute atomic E-state index is 12.7. The molecule has 2 aliphatic rings. The molecule has 33 heavy (non-hydrogen) atoms. The third-order valence-electron chi connectivity index (χ3n) is 6.13. The monoisotopic (exact) mass is 461 g/mol. The van der Waals surface area contributed by atoms with E-state index in [0.717, 1.165) is 11.9 Å². The fraction of sp³-hybridized carbons (Fsp3) is 0.727. The Labute approximate surface area is 196 Å². The summed E-state index contributed by atoms with van der Waals surface area (Å²) < 4.78 is 17.3. The molecule has 3 heterocycles. The van der Waals surface area contributed by atoms with E-state index >= 15 is 0 Å². The first kappa shape index (κ1) is 25.2. The van der Waals surface area contributed by atoms with Crippen LogP contribution in [-0.4, -0.2) is 76.0 Å². The molecule has 2 fully saturated rings. The van der Waals surface area contributed by atoms with Gasteiger partial charge in [-0.2, -0.15) is 0 Å². The topological polar surface area (TPSA) is 115 Å². The van der Waals surface area contributed by atoms with Crippen LogP contribution >= 0.6 is 0 Å². The SMILES string of the molecule is CC(NC(=O)OC(C)(C)C)C(=O)N1CC[C@@H](Nc2ncc(B3OC(C)(C)C(C)(C)O3)cn2)C1. The highest BCUT2D eigenvalue weighted by Crippen LogP contribution is 2.36.